The van der Waals surface area contributed by atoms with Gasteiger partial charge in [-0.1, -0.05) is 12.2 Å². The molecule has 0 nitrogen and oxygen atoms in total. The predicted molar refractivity (Wildman–Crippen MR) is 46.2 cm³/mol. The molecule has 4 atom stereocenters. The molecule has 2 bridgehead atoms. The molecule has 3 aliphatic rings. The zero-order valence-corrected chi connectivity index (χ0v) is 7.00. The van der Waals surface area contributed by atoms with Gasteiger partial charge in [0.25, 0.3) is 0 Å². The van der Waals surface area contributed by atoms with Crippen LogP contribution in [0.2, 0.25) is 0 Å². The molecule has 0 saturated heterocycles. The normalized spacial score (nSPS) is 53.1. The number of allylic oxidation sites excluding steroid dienone is 2. The van der Waals surface area contributed by atoms with Gasteiger partial charge in [0, 0.05) is 0 Å². The van der Waals surface area contributed by atoms with Gasteiger partial charge in [-0.25, -0.2) is 0 Å². The van der Waals surface area contributed by atoms with E-state index in [1.165, 1.54) is 12.8 Å². The fraction of sp³-hybridized carbons (Fsp3) is 0.818. The van der Waals surface area contributed by atoms with Crippen LogP contribution in [-0.4, -0.2) is 0 Å². The first kappa shape index (κ1) is 6.28. The summed E-state index contributed by atoms with van der Waals surface area (Å²) >= 11 is 0. The van der Waals surface area contributed by atoms with E-state index in [-0.39, 0.29) is 0 Å². The Kier molecular flexibility index (Phi) is 1.21. The third kappa shape index (κ3) is 0.758. The molecule has 60 valence electrons. The monoisotopic (exact) mass is 148 g/mol. The van der Waals surface area contributed by atoms with Gasteiger partial charge >= 0.3 is 0 Å². The van der Waals surface area contributed by atoms with E-state index in [0.717, 1.165) is 23.7 Å². The molecule has 0 spiro atoms. The highest BCUT2D eigenvalue weighted by Crippen LogP contribution is 2.55. The topological polar surface area (TPSA) is 0 Å². The Morgan fingerprint density at radius 2 is 1.36 bits per heavy atom. The van der Waals surface area contributed by atoms with Gasteiger partial charge in [0.1, 0.15) is 0 Å². The van der Waals surface area contributed by atoms with Crippen molar-refractivity contribution in [3.63, 3.8) is 0 Å². The Labute approximate surface area is 68.7 Å². The molecular formula is C11H16. The van der Waals surface area contributed by atoms with Crippen molar-refractivity contribution >= 4 is 0 Å². The van der Waals surface area contributed by atoms with E-state index in [9.17, 15) is 0 Å². The summed E-state index contributed by atoms with van der Waals surface area (Å²) in [7, 11) is 0. The minimum atomic E-state index is 1.11. The molecule has 3 aliphatic carbocycles. The second kappa shape index (κ2) is 2.12. The molecule has 0 unspecified atom stereocenters. The summed E-state index contributed by atoms with van der Waals surface area (Å²) in [6.07, 6.45) is 12.3. The van der Waals surface area contributed by atoms with E-state index < -0.39 is 0 Å². The number of fused-ring (bicyclic) bond motifs is 5. The molecule has 3 rings (SSSR count). The summed E-state index contributed by atoms with van der Waals surface area (Å²) in [6, 6.07) is 0. The maximum atomic E-state index is 2.42. The van der Waals surface area contributed by atoms with Crippen molar-refractivity contribution in [1.82, 2.24) is 0 Å². The van der Waals surface area contributed by atoms with Crippen LogP contribution in [-0.2, 0) is 0 Å². The van der Waals surface area contributed by atoms with Gasteiger partial charge < -0.3 is 0 Å². The highest BCUT2D eigenvalue weighted by atomic mass is 14.5. The van der Waals surface area contributed by atoms with Crippen molar-refractivity contribution in [3.8, 4) is 0 Å². The van der Waals surface area contributed by atoms with Gasteiger partial charge in [0.2, 0.25) is 0 Å². The summed E-state index contributed by atoms with van der Waals surface area (Å²) in [5.74, 6) is 4.49. The Morgan fingerprint density at radius 1 is 0.818 bits per heavy atom. The van der Waals surface area contributed by atoms with Gasteiger partial charge in [-0.2, -0.15) is 0 Å². The lowest BCUT2D eigenvalue weighted by molar-refractivity contribution is 0.216. The third-order valence-electron chi connectivity index (χ3n) is 4.26. The Morgan fingerprint density at radius 3 is 1.91 bits per heavy atom. The minimum absolute atomic E-state index is 1.11. The largest absolute Gasteiger partial charge is 0.0882 e. The second-order valence-corrected chi connectivity index (χ2v) is 4.60. The first-order chi connectivity index (χ1) is 5.45. The highest BCUT2D eigenvalue weighted by molar-refractivity contribution is 5.05. The lowest BCUT2D eigenvalue weighted by Gasteiger charge is -2.32. The summed E-state index contributed by atoms with van der Waals surface area (Å²) in [5, 5.41) is 0. The smallest absolute Gasteiger partial charge is 0.0317 e. The van der Waals surface area contributed by atoms with Crippen molar-refractivity contribution in [2.75, 3.05) is 0 Å². The van der Waals surface area contributed by atoms with E-state index in [0.29, 0.717) is 0 Å². The van der Waals surface area contributed by atoms with Gasteiger partial charge in [-0.15, -0.1) is 0 Å². The lowest BCUT2D eigenvalue weighted by atomic mass is 9.73. The first-order valence-electron chi connectivity index (χ1n) is 5.10. The van der Waals surface area contributed by atoms with Crippen LogP contribution < -0.4 is 0 Å². The van der Waals surface area contributed by atoms with Gasteiger partial charge in [-0.05, 0) is 55.8 Å². The van der Waals surface area contributed by atoms with Crippen LogP contribution in [0.25, 0.3) is 0 Å². The molecular weight excluding hydrogens is 132 g/mol. The van der Waals surface area contributed by atoms with Crippen LogP contribution in [0.1, 0.15) is 32.1 Å². The summed E-state index contributed by atoms with van der Waals surface area (Å²) in [4.78, 5) is 0. The van der Waals surface area contributed by atoms with E-state index >= 15 is 0 Å². The van der Waals surface area contributed by atoms with Gasteiger partial charge in [-0.3, -0.25) is 0 Å². The molecule has 0 aromatic heterocycles. The van der Waals surface area contributed by atoms with Crippen LogP contribution in [0.5, 0.6) is 0 Å². The fourth-order valence-corrected chi connectivity index (χ4v) is 3.77. The maximum absolute atomic E-state index is 2.42. The van der Waals surface area contributed by atoms with Crippen molar-refractivity contribution in [3.05, 3.63) is 12.2 Å². The lowest BCUT2D eigenvalue weighted by Crippen LogP contribution is -2.23. The second-order valence-electron chi connectivity index (χ2n) is 4.60. The van der Waals surface area contributed by atoms with Gasteiger partial charge in [0.15, 0.2) is 0 Å². The molecule has 0 heteroatoms. The quantitative estimate of drug-likeness (QED) is 0.463. The Hall–Kier alpha value is -0.260. The molecule has 2 saturated carbocycles. The first-order valence-corrected chi connectivity index (χ1v) is 5.10. The minimum Gasteiger partial charge on any atom is -0.0882 e. The Bertz CT molecular complexity index is 172. The van der Waals surface area contributed by atoms with E-state index in [4.69, 9.17) is 0 Å². The van der Waals surface area contributed by atoms with Crippen LogP contribution in [0.15, 0.2) is 12.2 Å². The fourth-order valence-electron chi connectivity index (χ4n) is 3.77. The van der Waals surface area contributed by atoms with Crippen LogP contribution in [0, 0.1) is 23.7 Å². The van der Waals surface area contributed by atoms with Crippen LogP contribution in [0.3, 0.4) is 0 Å². The average Bonchev–Trinajstić information content (AvgIpc) is 2.64. The predicted octanol–water partition coefficient (Wildman–Crippen LogP) is 3.00. The number of hydrogen-bond donors (Lipinski definition) is 0. The van der Waals surface area contributed by atoms with Crippen molar-refractivity contribution in [2.24, 2.45) is 23.7 Å². The van der Waals surface area contributed by atoms with Crippen LogP contribution in [0.4, 0.5) is 0 Å². The number of hydrogen-bond acceptors (Lipinski definition) is 0. The number of rotatable bonds is 0. The van der Waals surface area contributed by atoms with Crippen molar-refractivity contribution in [2.45, 2.75) is 32.1 Å². The van der Waals surface area contributed by atoms with E-state index in [1.807, 2.05) is 0 Å². The highest BCUT2D eigenvalue weighted by Gasteiger charge is 2.46. The zero-order chi connectivity index (χ0) is 7.26. The van der Waals surface area contributed by atoms with Crippen molar-refractivity contribution in [1.29, 1.82) is 0 Å². The molecule has 0 N–H and O–H groups in total. The summed E-state index contributed by atoms with van der Waals surface area (Å²) < 4.78 is 0. The molecule has 2 fully saturated rings. The molecule has 0 aromatic rings. The third-order valence-corrected chi connectivity index (χ3v) is 4.26. The molecule has 0 aromatic carbocycles. The molecule has 11 heavy (non-hydrogen) atoms. The van der Waals surface area contributed by atoms with Crippen LogP contribution >= 0.6 is 0 Å². The standard InChI is InChI=1S/C11H16/c1-2-4-11-9-6-5-8(7-9)10(11)3-1/h1-2,8-11H,3-7H2/t8-,9+,10+,11-. The molecule has 0 radical (unpaired) electrons. The van der Waals surface area contributed by atoms with Crippen molar-refractivity contribution < 1.29 is 0 Å². The maximum Gasteiger partial charge on any atom is -0.0317 e. The molecule has 0 aliphatic heterocycles. The zero-order valence-electron chi connectivity index (χ0n) is 7.00. The van der Waals surface area contributed by atoms with E-state index in [2.05, 4.69) is 12.2 Å². The summed E-state index contributed by atoms with van der Waals surface area (Å²) in [6.45, 7) is 0. The Balaban J connectivity index is 1.91. The average molecular weight is 148 g/mol. The molecule has 0 heterocycles. The molecule has 0 amide bonds. The SMILES string of the molecule is C1=CC[C@H]2[C@@H]3CC[C@@H](C3)[C@H]2C1. The van der Waals surface area contributed by atoms with E-state index in [1.54, 1.807) is 19.3 Å². The van der Waals surface area contributed by atoms with Gasteiger partial charge in [0.05, 0.1) is 0 Å². The summed E-state index contributed by atoms with van der Waals surface area (Å²) in [5.41, 5.74) is 0.